The minimum Gasteiger partial charge on any atom is -0.373 e. The van der Waals surface area contributed by atoms with Gasteiger partial charge in [-0.2, -0.15) is 0 Å². The lowest BCUT2D eigenvalue weighted by Gasteiger charge is -2.17. The van der Waals surface area contributed by atoms with E-state index >= 15 is 0 Å². The molecule has 47 heavy (non-hydrogen) atoms. The third kappa shape index (κ3) is 7.03. The lowest BCUT2D eigenvalue weighted by atomic mass is 9.96. The highest BCUT2D eigenvalue weighted by Gasteiger charge is 2.49. The highest BCUT2D eigenvalue weighted by atomic mass is 31.2. The molecule has 0 aromatic heterocycles. The predicted molar refractivity (Wildman–Crippen MR) is 162 cm³/mol. The van der Waals surface area contributed by atoms with E-state index in [0.29, 0.717) is 11.1 Å². The summed E-state index contributed by atoms with van der Waals surface area (Å²) in [6.07, 6.45) is -4.36. The van der Waals surface area contributed by atoms with Crippen LogP contribution in [0.5, 0.6) is 0 Å². The summed E-state index contributed by atoms with van der Waals surface area (Å²) in [6, 6.07) is 25.2. The van der Waals surface area contributed by atoms with Gasteiger partial charge in [0, 0.05) is 24.2 Å². The summed E-state index contributed by atoms with van der Waals surface area (Å²) in [5, 5.41) is 4.94. The fourth-order valence-corrected chi connectivity index (χ4v) is 6.26. The number of amides is 2. The zero-order valence-corrected chi connectivity index (χ0v) is 25.2. The summed E-state index contributed by atoms with van der Waals surface area (Å²) in [5.41, 5.74) is 2.20. The van der Waals surface area contributed by atoms with E-state index in [2.05, 4.69) is 10.6 Å². The van der Waals surface area contributed by atoms with Crippen LogP contribution >= 0.6 is 7.82 Å². The first-order valence-electron chi connectivity index (χ1n) is 14.2. The Hall–Kier alpha value is -5.46. The lowest BCUT2D eigenvalue weighted by molar-refractivity contribution is 0.0607. The number of esters is 2. The third-order valence-corrected chi connectivity index (χ3v) is 8.35. The van der Waals surface area contributed by atoms with Gasteiger partial charge in [-0.15, -0.1) is 0 Å². The number of ether oxygens (including phenoxy) is 2. The average Bonchev–Trinajstić information content (AvgIpc) is 3.37. The summed E-state index contributed by atoms with van der Waals surface area (Å²) < 4.78 is 33.1. The van der Waals surface area contributed by atoms with E-state index in [9.17, 15) is 33.4 Å². The van der Waals surface area contributed by atoms with Gasteiger partial charge in [-0.1, -0.05) is 72.8 Å². The number of hydrogen-bond acceptors (Lipinski definition) is 10. The molecule has 2 unspecified atom stereocenters. The van der Waals surface area contributed by atoms with Crippen LogP contribution in [0.1, 0.15) is 71.1 Å². The van der Waals surface area contributed by atoms with Crippen molar-refractivity contribution in [2.45, 2.75) is 25.3 Å². The number of phosphoric acid groups is 1. The summed E-state index contributed by atoms with van der Waals surface area (Å²) >= 11 is 0. The molecular formula is C33H25N2O11P. The third-order valence-electron chi connectivity index (χ3n) is 7.37. The number of carbonyl (C=O) groups is 5. The number of carbonyl (C=O) groups excluding carboxylic acids is 5. The molecule has 4 aromatic rings. The van der Waals surface area contributed by atoms with Crippen LogP contribution in [-0.2, 0) is 36.2 Å². The summed E-state index contributed by atoms with van der Waals surface area (Å²) in [7, 11) is -4.55. The lowest BCUT2D eigenvalue weighted by Crippen LogP contribution is -2.26. The molecule has 1 aliphatic heterocycles. The van der Waals surface area contributed by atoms with E-state index in [0.717, 1.165) is 0 Å². The van der Waals surface area contributed by atoms with Gasteiger partial charge in [0.15, 0.2) is 5.78 Å². The van der Waals surface area contributed by atoms with Crippen LogP contribution in [0.2, 0.25) is 0 Å². The number of rotatable bonds is 6. The molecule has 0 saturated carbocycles. The van der Waals surface area contributed by atoms with Gasteiger partial charge in [0.2, 0.25) is 0 Å². The highest BCUT2D eigenvalue weighted by molar-refractivity contribution is 7.47. The number of ketones is 1. The molecule has 0 bridgehead atoms. The number of benzene rings is 4. The Morgan fingerprint density at radius 2 is 1.06 bits per heavy atom. The Morgan fingerprint density at radius 3 is 1.47 bits per heavy atom. The van der Waals surface area contributed by atoms with Gasteiger partial charge in [0.1, 0.15) is 12.2 Å². The summed E-state index contributed by atoms with van der Waals surface area (Å²) in [5.74, 6) is -2.08. The fraction of sp³-hybridized carbons (Fsp3) is 0.121. The second kappa shape index (κ2) is 13.1. The molecule has 6 rings (SSSR count). The second-order valence-corrected chi connectivity index (χ2v) is 11.8. The molecule has 2 amide bonds. The topological polar surface area (TPSA) is 184 Å². The SMILES string of the molecule is O=C(NCc1ccc2c(c1)C1OP(=O)(O)OC1c1cc(CNC(=O)OC(=O)c3ccccc3)ccc1C2=O)OC(=O)c1ccccc1. The summed E-state index contributed by atoms with van der Waals surface area (Å²) in [4.78, 5) is 72.9. The van der Waals surface area contributed by atoms with Crippen LogP contribution in [0.15, 0.2) is 97.1 Å². The van der Waals surface area contributed by atoms with E-state index in [1.54, 1.807) is 48.5 Å². The highest BCUT2D eigenvalue weighted by Crippen LogP contribution is 2.64. The molecule has 0 radical (unpaired) electrons. The number of nitrogens with one attached hydrogen (secondary N) is 2. The van der Waals surface area contributed by atoms with Gasteiger partial charge in [0.25, 0.3) is 0 Å². The molecule has 4 aromatic carbocycles. The molecule has 1 heterocycles. The maximum Gasteiger partial charge on any atom is 0.473 e. The van der Waals surface area contributed by atoms with Crippen LogP contribution in [0.4, 0.5) is 9.59 Å². The first-order chi connectivity index (χ1) is 22.6. The Bertz CT molecular complexity index is 1810. The minimum atomic E-state index is -4.55. The van der Waals surface area contributed by atoms with E-state index < -0.39 is 49.9 Å². The summed E-state index contributed by atoms with van der Waals surface area (Å²) in [6.45, 7) is -0.216. The first-order valence-corrected chi connectivity index (χ1v) is 15.7. The number of alkyl carbamates (subject to hydrolysis) is 2. The van der Waals surface area contributed by atoms with Gasteiger partial charge in [-0.25, -0.2) is 23.7 Å². The van der Waals surface area contributed by atoms with Gasteiger partial charge in [0.05, 0.1) is 11.1 Å². The maximum atomic E-state index is 13.7. The molecule has 3 N–H and O–H groups in total. The van der Waals surface area contributed by atoms with Crippen molar-refractivity contribution in [2.75, 3.05) is 0 Å². The van der Waals surface area contributed by atoms with Crippen LogP contribution in [-0.4, -0.2) is 34.8 Å². The average molecular weight is 657 g/mol. The molecule has 2 aliphatic rings. The molecule has 238 valence electrons. The van der Waals surface area contributed by atoms with Crippen molar-refractivity contribution in [1.82, 2.24) is 10.6 Å². The molecule has 1 fully saturated rings. The molecule has 14 heteroatoms. The van der Waals surface area contributed by atoms with Crippen molar-refractivity contribution < 1.29 is 52.0 Å². The van der Waals surface area contributed by atoms with Crippen LogP contribution in [0.25, 0.3) is 0 Å². The van der Waals surface area contributed by atoms with E-state index in [-0.39, 0.29) is 46.5 Å². The second-order valence-electron chi connectivity index (χ2n) is 10.5. The molecule has 0 spiro atoms. The van der Waals surface area contributed by atoms with Gasteiger partial charge in [-0.05, 0) is 46.5 Å². The van der Waals surface area contributed by atoms with E-state index in [1.807, 2.05) is 0 Å². The predicted octanol–water partition coefficient (Wildman–Crippen LogP) is 5.29. The van der Waals surface area contributed by atoms with Crippen molar-refractivity contribution in [2.24, 2.45) is 0 Å². The van der Waals surface area contributed by atoms with Gasteiger partial charge in [-0.3, -0.25) is 13.8 Å². The van der Waals surface area contributed by atoms with Crippen molar-refractivity contribution in [3.63, 3.8) is 0 Å². The van der Waals surface area contributed by atoms with Crippen LogP contribution < -0.4 is 10.6 Å². The first kappa shape index (κ1) is 31.5. The largest absolute Gasteiger partial charge is 0.473 e. The zero-order chi connectivity index (χ0) is 33.1. The van der Waals surface area contributed by atoms with E-state index in [4.69, 9.17) is 18.5 Å². The fourth-order valence-electron chi connectivity index (χ4n) is 5.19. The van der Waals surface area contributed by atoms with Gasteiger partial charge >= 0.3 is 31.9 Å². The Kier molecular flexibility index (Phi) is 8.79. The smallest absolute Gasteiger partial charge is 0.373 e. The Balaban J connectivity index is 1.18. The molecule has 1 saturated heterocycles. The monoisotopic (exact) mass is 656 g/mol. The molecule has 2 atom stereocenters. The number of phosphoric ester groups is 1. The Morgan fingerprint density at radius 1 is 0.660 bits per heavy atom. The van der Waals surface area contributed by atoms with Crippen molar-refractivity contribution >= 4 is 37.7 Å². The zero-order valence-electron chi connectivity index (χ0n) is 24.3. The standard InChI is InChI=1S/C33H25N2O11P/c36-27-23-13-11-19(17-34-32(39)43-30(37)21-7-3-1-4-8-21)15-25(23)28-29(46-47(41,42)45-28)26-16-20(12-14-24(26)27)18-35-33(40)44-31(38)22-9-5-2-6-10-22/h1-16,28-29H,17-18H2,(H,34,39)(H,35,40)(H,41,42). The minimum absolute atomic E-state index is 0.108. The van der Waals surface area contributed by atoms with Crippen molar-refractivity contribution in [3.8, 4) is 0 Å². The van der Waals surface area contributed by atoms with E-state index in [1.165, 1.54) is 48.5 Å². The van der Waals surface area contributed by atoms with Crippen LogP contribution in [0, 0.1) is 0 Å². The van der Waals surface area contributed by atoms with Gasteiger partial charge < -0.3 is 25.0 Å². The Labute approximate surface area is 267 Å². The van der Waals surface area contributed by atoms with Crippen LogP contribution in [0.3, 0.4) is 0 Å². The quantitative estimate of drug-likeness (QED) is 0.139. The molecular weight excluding hydrogens is 631 g/mol. The normalized spacial score (nSPS) is 19.3. The maximum absolute atomic E-state index is 13.7. The number of fused-ring (bicyclic) bond motifs is 5. The van der Waals surface area contributed by atoms with Crippen molar-refractivity contribution in [3.05, 3.63) is 142 Å². The van der Waals surface area contributed by atoms with Crippen molar-refractivity contribution in [1.29, 1.82) is 0 Å². The molecule has 1 aliphatic carbocycles. The number of hydrogen-bond donors (Lipinski definition) is 3. The molecule has 13 nitrogen and oxygen atoms in total.